The van der Waals surface area contributed by atoms with Gasteiger partial charge >= 0.3 is 0 Å². The van der Waals surface area contributed by atoms with Gasteiger partial charge in [0.2, 0.25) is 0 Å². The smallest absolute Gasteiger partial charge is 0.0541 e. The molecule has 0 fully saturated rings. The fourth-order valence-electron chi connectivity index (χ4n) is 3.97. The van der Waals surface area contributed by atoms with E-state index >= 15 is 0 Å². The van der Waals surface area contributed by atoms with Gasteiger partial charge in [-0.25, -0.2) is 0 Å². The van der Waals surface area contributed by atoms with Crippen LogP contribution in [0.5, 0.6) is 0 Å². The Morgan fingerprint density at radius 2 is 1.20 bits per heavy atom. The lowest BCUT2D eigenvalue weighted by molar-refractivity contribution is 1.11. The van der Waals surface area contributed by atoms with Gasteiger partial charge in [0.1, 0.15) is 0 Å². The molecule has 0 saturated carbocycles. The molecule has 2 heteroatoms. The number of nitrogens with zero attached hydrogens (tertiary/aromatic N) is 1. The Bertz CT molecular complexity index is 1040. The van der Waals surface area contributed by atoms with Gasteiger partial charge in [-0.2, -0.15) is 0 Å². The number of aryl methyl sites for hydroxylation is 4. The number of rotatable bonds is 2. The van der Waals surface area contributed by atoms with Crippen molar-refractivity contribution in [1.29, 1.82) is 0 Å². The molecule has 0 atom stereocenters. The molecule has 0 spiro atoms. The van der Waals surface area contributed by atoms with Crippen molar-refractivity contribution in [2.24, 2.45) is 0 Å². The van der Waals surface area contributed by atoms with Gasteiger partial charge in [0, 0.05) is 16.7 Å². The molecular formula is C23H22ClN. The first kappa shape index (κ1) is 16.2. The first-order valence-electron chi connectivity index (χ1n) is 8.67. The van der Waals surface area contributed by atoms with Gasteiger partial charge < -0.3 is 4.57 Å². The summed E-state index contributed by atoms with van der Waals surface area (Å²) in [6, 6.07) is 17.9. The maximum atomic E-state index is 6.07. The fourth-order valence-corrected chi connectivity index (χ4v) is 4.12. The lowest BCUT2D eigenvalue weighted by Crippen LogP contribution is -2.01. The highest BCUT2D eigenvalue weighted by Gasteiger charge is 2.16. The SMILES string of the molecule is Cc1ccc2c(c1)c1cc(C)ccc1n2-c1c(C)cc(CCl)cc1C. The van der Waals surface area contributed by atoms with Crippen LogP contribution in [0.15, 0.2) is 48.5 Å². The zero-order valence-electron chi connectivity index (χ0n) is 15.2. The summed E-state index contributed by atoms with van der Waals surface area (Å²) in [6.07, 6.45) is 0. The van der Waals surface area contributed by atoms with Gasteiger partial charge in [-0.15, -0.1) is 11.6 Å². The van der Waals surface area contributed by atoms with E-state index in [1.807, 2.05) is 0 Å². The van der Waals surface area contributed by atoms with E-state index < -0.39 is 0 Å². The third-order valence-corrected chi connectivity index (χ3v) is 5.31. The Balaban J connectivity index is 2.18. The van der Waals surface area contributed by atoms with Crippen LogP contribution in [-0.2, 0) is 5.88 Å². The van der Waals surface area contributed by atoms with E-state index in [0.717, 1.165) is 0 Å². The largest absolute Gasteiger partial charge is 0.309 e. The second kappa shape index (κ2) is 5.93. The van der Waals surface area contributed by atoms with Crippen molar-refractivity contribution in [3.8, 4) is 5.69 Å². The highest BCUT2D eigenvalue weighted by Crippen LogP contribution is 2.35. The predicted molar refractivity (Wildman–Crippen MR) is 109 cm³/mol. The summed E-state index contributed by atoms with van der Waals surface area (Å²) in [5, 5.41) is 2.64. The van der Waals surface area contributed by atoms with E-state index in [0.29, 0.717) is 5.88 Å². The lowest BCUT2D eigenvalue weighted by Gasteiger charge is -2.16. The third-order valence-electron chi connectivity index (χ3n) is 5.00. The van der Waals surface area contributed by atoms with Crippen molar-refractivity contribution in [2.45, 2.75) is 33.6 Å². The van der Waals surface area contributed by atoms with Crippen molar-refractivity contribution >= 4 is 33.4 Å². The minimum atomic E-state index is 0.549. The molecule has 1 heterocycles. The van der Waals surface area contributed by atoms with Crippen LogP contribution in [0.4, 0.5) is 0 Å². The zero-order chi connectivity index (χ0) is 17.7. The van der Waals surface area contributed by atoms with Gasteiger partial charge in [-0.05, 0) is 68.7 Å². The van der Waals surface area contributed by atoms with Crippen molar-refractivity contribution in [3.63, 3.8) is 0 Å². The third kappa shape index (κ3) is 2.54. The van der Waals surface area contributed by atoms with E-state index in [1.54, 1.807) is 0 Å². The summed E-state index contributed by atoms with van der Waals surface area (Å²) in [6.45, 7) is 8.67. The van der Waals surface area contributed by atoms with Gasteiger partial charge in [0.05, 0.1) is 16.7 Å². The lowest BCUT2D eigenvalue weighted by atomic mass is 10.0. The molecule has 3 aromatic carbocycles. The molecular weight excluding hydrogens is 326 g/mol. The van der Waals surface area contributed by atoms with Crippen LogP contribution in [0.1, 0.15) is 27.8 Å². The number of hydrogen-bond donors (Lipinski definition) is 0. The van der Waals surface area contributed by atoms with Crippen molar-refractivity contribution in [3.05, 3.63) is 76.3 Å². The van der Waals surface area contributed by atoms with Gasteiger partial charge in [-0.1, -0.05) is 35.4 Å². The second-order valence-corrected chi connectivity index (χ2v) is 7.36. The molecule has 0 bridgehead atoms. The van der Waals surface area contributed by atoms with Crippen LogP contribution in [0.25, 0.3) is 27.5 Å². The molecule has 0 aliphatic rings. The molecule has 0 amide bonds. The number of benzene rings is 3. The molecule has 1 aromatic heterocycles. The van der Waals surface area contributed by atoms with Crippen molar-refractivity contribution in [2.75, 3.05) is 0 Å². The predicted octanol–water partition coefficient (Wildman–Crippen LogP) is 6.76. The Morgan fingerprint density at radius 3 is 1.64 bits per heavy atom. The van der Waals surface area contributed by atoms with E-state index in [2.05, 4.69) is 80.8 Å². The molecule has 4 aromatic rings. The zero-order valence-corrected chi connectivity index (χ0v) is 15.9. The second-order valence-electron chi connectivity index (χ2n) is 7.09. The summed E-state index contributed by atoms with van der Waals surface area (Å²) in [5.74, 6) is 0.549. The van der Waals surface area contributed by atoms with Gasteiger partial charge in [0.25, 0.3) is 0 Å². The van der Waals surface area contributed by atoms with E-state index in [4.69, 9.17) is 11.6 Å². The average Bonchev–Trinajstić information content (AvgIpc) is 2.87. The summed E-state index contributed by atoms with van der Waals surface area (Å²) >= 11 is 6.07. The molecule has 126 valence electrons. The van der Waals surface area contributed by atoms with Crippen molar-refractivity contribution < 1.29 is 0 Å². The summed E-state index contributed by atoms with van der Waals surface area (Å²) in [7, 11) is 0. The highest BCUT2D eigenvalue weighted by atomic mass is 35.5. The van der Waals surface area contributed by atoms with Gasteiger partial charge in [0.15, 0.2) is 0 Å². The molecule has 0 aliphatic heterocycles. The number of fused-ring (bicyclic) bond motifs is 3. The average molecular weight is 348 g/mol. The summed E-state index contributed by atoms with van der Waals surface area (Å²) in [5.41, 5.74) is 10.1. The molecule has 0 N–H and O–H groups in total. The quantitative estimate of drug-likeness (QED) is 0.353. The first-order valence-corrected chi connectivity index (χ1v) is 9.21. The van der Waals surface area contributed by atoms with E-state index in [-0.39, 0.29) is 0 Å². The minimum absolute atomic E-state index is 0.549. The topological polar surface area (TPSA) is 4.93 Å². The summed E-state index contributed by atoms with van der Waals surface area (Å²) < 4.78 is 2.41. The van der Waals surface area contributed by atoms with Gasteiger partial charge in [-0.3, -0.25) is 0 Å². The minimum Gasteiger partial charge on any atom is -0.309 e. The van der Waals surface area contributed by atoms with Crippen molar-refractivity contribution in [1.82, 2.24) is 4.57 Å². The molecule has 25 heavy (non-hydrogen) atoms. The number of hydrogen-bond acceptors (Lipinski definition) is 0. The Morgan fingerprint density at radius 1 is 0.720 bits per heavy atom. The molecule has 0 unspecified atom stereocenters. The first-order chi connectivity index (χ1) is 12.0. The normalized spacial score (nSPS) is 11.6. The highest BCUT2D eigenvalue weighted by molar-refractivity contribution is 6.17. The van der Waals surface area contributed by atoms with Crippen LogP contribution in [0, 0.1) is 27.7 Å². The maximum Gasteiger partial charge on any atom is 0.0541 e. The van der Waals surface area contributed by atoms with E-state index in [1.165, 1.54) is 55.3 Å². The standard InChI is InChI=1S/C23H22ClN/c1-14-5-7-21-19(9-14)20-10-15(2)6-8-22(20)25(21)23-16(3)11-18(13-24)12-17(23)4/h5-12H,13H2,1-4H3. The number of alkyl halides is 1. The Labute approximate surface area is 153 Å². The van der Waals surface area contributed by atoms with Crippen LogP contribution in [0.3, 0.4) is 0 Å². The fraction of sp³-hybridized carbons (Fsp3) is 0.217. The molecule has 0 saturated heterocycles. The Kier molecular flexibility index (Phi) is 3.85. The number of aromatic nitrogens is 1. The molecule has 4 rings (SSSR count). The van der Waals surface area contributed by atoms with Crippen LogP contribution >= 0.6 is 11.6 Å². The number of halogens is 1. The van der Waals surface area contributed by atoms with Crippen LogP contribution in [-0.4, -0.2) is 4.57 Å². The van der Waals surface area contributed by atoms with Crippen LogP contribution < -0.4 is 0 Å². The molecule has 0 aliphatic carbocycles. The molecule has 1 nitrogen and oxygen atoms in total. The van der Waals surface area contributed by atoms with Crippen LogP contribution in [0.2, 0.25) is 0 Å². The summed E-state index contributed by atoms with van der Waals surface area (Å²) in [4.78, 5) is 0. The Hall–Kier alpha value is -2.25. The monoisotopic (exact) mass is 347 g/mol. The molecule has 0 radical (unpaired) electrons. The van der Waals surface area contributed by atoms with E-state index in [9.17, 15) is 0 Å². The maximum absolute atomic E-state index is 6.07.